The number of hydrogen-bond acceptors (Lipinski definition) is 3. The molecule has 3 heteroatoms. The average Bonchev–Trinajstić information content (AvgIpc) is 2.47. The highest BCUT2D eigenvalue weighted by Crippen LogP contribution is 2.36. The molecule has 3 nitrogen and oxygen atoms in total. The standard InChI is InChI=1S/C15H15NO2/c1-17-13-3-5-15-12(10-13)2-4-14(18-15)11-6-8-16-9-7-11/h3,5-10,14H,2,4H2,1H3. The normalized spacial score (nSPS) is 17.7. The zero-order valence-electron chi connectivity index (χ0n) is 10.3. The van der Waals surface area contributed by atoms with Crippen molar-refractivity contribution >= 4 is 0 Å². The van der Waals surface area contributed by atoms with Crippen LogP contribution < -0.4 is 9.47 Å². The third-order valence-corrected chi connectivity index (χ3v) is 3.29. The predicted molar refractivity (Wildman–Crippen MR) is 68.9 cm³/mol. The van der Waals surface area contributed by atoms with Gasteiger partial charge in [-0.25, -0.2) is 0 Å². The average molecular weight is 241 g/mol. The number of ether oxygens (including phenoxy) is 2. The molecule has 0 bridgehead atoms. The monoisotopic (exact) mass is 241 g/mol. The molecule has 0 amide bonds. The number of methoxy groups -OCH3 is 1. The van der Waals surface area contributed by atoms with Crippen molar-refractivity contribution in [3.63, 3.8) is 0 Å². The SMILES string of the molecule is COc1ccc2c(c1)CCC(c1ccncc1)O2. The van der Waals surface area contributed by atoms with Gasteiger partial charge in [0, 0.05) is 12.4 Å². The number of pyridine rings is 1. The minimum Gasteiger partial charge on any atom is -0.497 e. The van der Waals surface area contributed by atoms with Crippen molar-refractivity contribution in [2.75, 3.05) is 7.11 Å². The number of nitrogens with zero attached hydrogens (tertiary/aromatic N) is 1. The Morgan fingerprint density at radius 1 is 1.22 bits per heavy atom. The summed E-state index contributed by atoms with van der Waals surface area (Å²) in [7, 11) is 1.69. The van der Waals surface area contributed by atoms with E-state index in [4.69, 9.17) is 9.47 Å². The second kappa shape index (κ2) is 4.69. The van der Waals surface area contributed by atoms with Gasteiger partial charge in [-0.2, -0.15) is 0 Å². The molecule has 1 aliphatic rings. The first-order chi connectivity index (χ1) is 8.86. The summed E-state index contributed by atoms with van der Waals surface area (Å²) in [6.45, 7) is 0. The van der Waals surface area contributed by atoms with Crippen molar-refractivity contribution in [2.45, 2.75) is 18.9 Å². The van der Waals surface area contributed by atoms with E-state index in [1.165, 1.54) is 11.1 Å². The molecular weight excluding hydrogens is 226 g/mol. The van der Waals surface area contributed by atoms with Gasteiger partial charge in [-0.15, -0.1) is 0 Å². The minimum absolute atomic E-state index is 0.133. The van der Waals surface area contributed by atoms with Gasteiger partial charge in [0.2, 0.25) is 0 Å². The lowest BCUT2D eigenvalue weighted by Crippen LogP contribution is -2.15. The van der Waals surface area contributed by atoms with Crippen molar-refractivity contribution in [1.82, 2.24) is 4.98 Å². The molecular formula is C15H15NO2. The van der Waals surface area contributed by atoms with E-state index < -0.39 is 0 Å². The van der Waals surface area contributed by atoms with Gasteiger partial charge < -0.3 is 9.47 Å². The number of hydrogen-bond donors (Lipinski definition) is 0. The van der Waals surface area contributed by atoms with Gasteiger partial charge in [0.15, 0.2) is 0 Å². The Kier molecular flexibility index (Phi) is 2.89. The fourth-order valence-corrected chi connectivity index (χ4v) is 2.30. The van der Waals surface area contributed by atoms with Gasteiger partial charge >= 0.3 is 0 Å². The van der Waals surface area contributed by atoms with E-state index in [1.54, 1.807) is 7.11 Å². The van der Waals surface area contributed by atoms with Crippen molar-refractivity contribution in [2.24, 2.45) is 0 Å². The van der Waals surface area contributed by atoms with Crippen LogP contribution in [-0.2, 0) is 6.42 Å². The second-order valence-corrected chi connectivity index (χ2v) is 4.40. The third-order valence-electron chi connectivity index (χ3n) is 3.29. The fourth-order valence-electron chi connectivity index (χ4n) is 2.30. The number of rotatable bonds is 2. The van der Waals surface area contributed by atoms with Crippen LogP contribution >= 0.6 is 0 Å². The van der Waals surface area contributed by atoms with E-state index in [9.17, 15) is 0 Å². The van der Waals surface area contributed by atoms with Crippen LogP contribution in [0, 0.1) is 0 Å². The number of aryl methyl sites for hydroxylation is 1. The van der Waals surface area contributed by atoms with Crippen LogP contribution in [0.15, 0.2) is 42.7 Å². The molecule has 0 spiro atoms. The van der Waals surface area contributed by atoms with Gasteiger partial charge in [-0.05, 0) is 54.3 Å². The number of benzene rings is 1. The molecule has 18 heavy (non-hydrogen) atoms. The first kappa shape index (κ1) is 11.1. The molecule has 1 aromatic carbocycles. The molecule has 1 aliphatic heterocycles. The van der Waals surface area contributed by atoms with E-state index in [0.717, 1.165) is 24.3 Å². The minimum atomic E-state index is 0.133. The topological polar surface area (TPSA) is 31.4 Å². The van der Waals surface area contributed by atoms with Gasteiger partial charge in [-0.3, -0.25) is 4.98 Å². The molecule has 2 heterocycles. The van der Waals surface area contributed by atoms with Crippen LogP contribution in [0.5, 0.6) is 11.5 Å². The Morgan fingerprint density at radius 3 is 2.83 bits per heavy atom. The van der Waals surface area contributed by atoms with E-state index in [2.05, 4.69) is 11.1 Å². The van der Waals surface area contributed by atoms with Gasteiger partial charge in [0.25, 0.3) is 0 Å². The largest absolute Gasteiger partial charge is 0.497 e. The van der Waals surface area contributed by atoms with Crippen LogP contribution in [0.1, 0.15) is 23.7 Å². The molecule has 1 unspecified atom stereocenters. The Bertz CT molecular complexity index is 539. The lowest BCUT2D eigenvalue weighted by molar-refractivity contribution is 0.176. The molecule has 3 rings (SSSR count). The maximum atomic E-state index is 6.03. The van der Waals surface area contributed by atoms with Crippen molar-refractivity contribution < 1.29 is 9.47 Å². The Morgan fingerprint density at radius 2 is 2.06 bits per heavy atom. The molecule has 0 aliphatic carbocycles. The summed E-state index contributed by atoms with van der Waals surface area (Å²) in [6, 6.07) is 10.0. The van der Waals surface area contributed by atoms with E-state index >= 15 is 0 Å². The van der Waals surface area contributed by atoms with Gasteiger partial charge in [-0.1, -0.05) is 0 Å². The predicted octanol–water partition coefficient (Wildman–Crippen LogP) is 3.16. The molecule has 1 atom stereocenters. The summed E-state index contributed by atoms with van der Waals surface area (Å²) in [4.78, 5) is 4.04. The van der Waals surface area contributed by atoms with E-state index in [0.29, 0.717) is 0 Å². The zero-order chi connectivity index (χ0) is 12.4. The highest BCUT2D eigenvalue weighted by atomic mass is 16.5. The lowest BCUT2D eigenvalue weighted by atomic mass is 9.98. The smallest absolute Gasteiger partial charge is 0.124 e. The van der Waals surface area contributed by atoms with Crippen molar-refractivity contribution in [3.05, 3.63) is 53.9 Å². The molecule has 0 saturated heterocycles. The van der Waals surface area contributed by atoms with Crippen LogP contribution in [0.3, 0.4) is 0 Å². The summed E-state index contributed by atoms with van der Waals surface area (Å²) in [5.74, 6) is 1.85. The quantitative estimate of drug-likeness (QED) is 0.809. The fraction of sp³-hybridized carbons (Fsp3) is 0.267. The molecule has 0 radical (unpaired) electrons. The Hall–Kier alpha value is -2.03. The van der Waals surface area contributed by atoms with Gasteiger partial charge in [0.1, 0.15) is 17.6 Å². The summed E-state index contributed by atoms with van der Waals surface area (Å²) in [6.07, 6.45) is 5.75. The summed E-state index contributed by atoms with van der Waals surface area (Å²) in [5, 5.41) is 0. The zero-order valence-corrected chi connectivity index (χ0v) is 10.3. The van der Waals surface area contributed by atoms with Crippen LogP contribution in [-0.4, -0.2) is 12.1 Å². The molecule has 0 saturated carbocycles. The third kappa shape index (κ3) is 2.04. The summed E-state index contributed by atoms with van der Waals surface area (Å²) >= 11 is 0. The van der Waals surface area contributed by atoms with E-state index in [1.807, 2.05) is 36.7 Å². The van der Waals surface area contributed by atoms with Crippen LogP contribution in [0.25, 0.3) is 0 Å². The first-order valence-corrected chi connectivity index (χ1v) is 6.10. The highest BCUT2D eigenvalue weighted by molar-refractivity contribution is 5.42. The summed E-state index contributed by atoms with van der Waals surface area (Å²) in [5.41, 5.74) is 2.41. The molecule has 0 fully saturated rings. The summed E-state index contributed by atoms with van der Waals surface area (Å²) < 4.78 is 11.3. The van der Waals surface area contributed by atoms with Gasteiger partial charge in [0.05, 0.1) is 7.11 Å². The van der Waals surface area contributed by atoms with Crippen molar-refractivity contribution in [1.29, 1.82) is 0 Å². The Labute approximate surface area is 106 Å². The van der Waals surface area contributed by atoms with Crippen LogP contribution in [0.2, 0.25) is 0 Å². The highest BCUT2D eigenvalue weighted by Gasteiger charge is 2.21. The molecule has 2 aromatic rings. The maximum Gasteiger partial charge on any atom is 0.124 e. The number of fused-ring (bicyclic) bond motifs is 1. The maximum absolute atomic E-state index is 6.03. The Balaban J connectivity index is 1.85. The van der Waals surface area contributed by atoms with E-state index in [-0.39, 0.29) is 6.10 Å². The lowest BCUT2D eigenvalue weighted by Gasteiger charge is -2.26. The first-order valence-electron chi connectivity index (χ1n) is 6.10. The molecule has 0 N–H and O–H groups in total. The molecule has 92 valence electrons. The van der Waals surface area contributed by atoms with Crippen LogP contribution in [0.4, 0.5) is 0 Å². The van der Waals surface area contributed by atoms with Crippen molar-refractivity contribution in [3.8, 4) is 11.5 Å². The number of aromatic nitrogens is 1. The molecule has 1 aromatic heterocycles. The second-order valence-electron chi connectivity index (χ2n) is 4.40.